The molecule has 0 unspecified atom stereocenters. The van der Waals surface area contributed by atoms with E-state index in [0.29, 0.717) is 6.54 Å². The van der Waals surface area contributed by atoms with Gasteiger partial charge in [-0.05, 0) is 36.6 Å². The van der Waals surface area contributed by atoms with E-state index in [9.17, 15) is 4.79 Å². The van der Waals surface area contributed by atoms with Crippen molar-refractivity contribution in [2.45, 2.75) is 13.8 Å². The number of nitrogens with one attached hydrogen (secondary N) is 1. The Balaban J connectivity index is 1.41. The molecular formula is C23H29N3O. The molecule has 4 heteroatoms. The molecule has 4 nitrogen and oxygen atoms in total. The molecule has 0 spiro atoms. The van der Waals surface area contributed by atoms with Gasteiger partial charge in [-0.2, -0.15) is 0 Å². The molecule has 0 atom stereocenters. The van der Waals surface area contributed by atoms with Crippen molar-refractivity contribution in [1.29, 1.82) is 0 Å². The van der Waals surface area contributed by atoms with Crippen LogP contribution in [0.3, 0.4) is 0 Å². The molecule has 1 fully saturated rings. The third kappa shape index (κ3) is 5.69. The molecule has 2 aromatic carbocycles. The summed E-state index contributed by atoms with van der Waals surface area (Å²) in [5, 5.41) is 3.30. The van der Waals surface area contributed by atoms with Crippen LogP contribution in [0.15, 0.2) is 54.6 Å². The van der Waals surface area contributed by atoms with Crippen LogP contribution >= 0.6 is 0 Å². The minimum Gasteiger partial charge on any atom is -0.376 e. The van der Waals surface area contributed by atoms with Crippen LogP contribution in [-0.4, -0.2) is 55.0 Å². The Morgan fingerprint density at radius 1 is 1.04 bits per heavy atom. The van der Waals surface area contributed by atoms with Gasteiger partial charge in [0.2, 0.25) is 5.91 Å². The fourth-order valence-electron chi connectivity index (χ4n) is 3.29. The SMILES string of the molecule is Cc1ccc(C)c(NCC(=O)N2CCN(C/C=C/c3ccccc3)CC2)c1. The molecule has 0 saturated carbocycles. The Labute approximate surface area is 162 Å². The molecule has 142 valence electrons. The highest BCUT2D eigenvalue weighted by molar-refractivity contribution is 5.81. The lowest BCUT2D eigenvalue weighted by atomic mass is 10.1. The lowest BCUT2D eigenvalue weighted by Crippen LogP contribution is -2.50. The number of benzene rings is 2. The van der Waals surface area contributed by atoms with Crippen molar-refractivity contribution >= 4 is 17.7 Å². The van der Waals surface area contributed by atoms with Gasteiger partial charge in [0.15, 0.2) is 0 Å². The average Bonchev–Trinajstić information content (AvgIpc) is 2.70. The van der Waals surface area contributed by atoms with E-state index in [4.69, 9.17) is 0 Å². The fraction of sp³-hybridized carbons (Fsp3) is 0.348. The molecule has 1 aliphatic rings. The van der Waals surface area contributed by atoms with Crippen LogP contribution in [-0.2, 0) is 4.79 Å². The standard InChI is InChI=1S/C23H29N3O/c1-19-10-11-20(2)22(17-19)24-18-23(27)26-15-13-25(14-16-26)12-6-9-21-7-4-3-5-8-21/h3-11,17,24H,12-16,18H2,1-2H3/b9-6+. The summed E-state index contributed by atoms with van der Waals surface area (Å²) in [6, 6.07) is 16.6. The van der Waals surface area contributed by atoms with Crippen LogP contribution in [0, 0.1) is 13.8 Å². The van der Waals surface area contributed by atoms with Crippen LogP contribution in [0.25, 0.3) is 6.08 Å². The third-order valence-electron chi connectivity index (χ3n) is 5.02. The number of carbonyl (C=O) groups is 1. The second kappa shape index (κ2) is 9.38. The maximum absolute atomic E-state index is 12.5. The van der Waals surface area contributed by atoms with Crippen molar-refractivity contribution in [2.75, 3.05) is 44.6 Å². The lowest BCUT2D eigenvalue weighted by molar-refractivity contribution is -0.130. The molecule has 1 saturated heterocycles. The normalized spacial score (nSPS) is 15.3. The average molecular weight is 364 g/mol. The highest BCUT2D eigenvalue weighted by Crippen LogP contribution is 2.16. The van der Waals surface area contributed by atoms with Gasteiger partial charge in [-0.1, -0.05) is 54.6 Å². The number of aryl methyl sites for hydroxylation is 2. The molecule has 2 aromatic rings. The van der Waals surface area contributed by atoms with Gasteiger partial charge >= 0.3 is 0 Å². The first-order chi connectivity index (χ1) is 13.1. The van der Waals surface area contributed by atoms with Crippen LogP contribution < -0.4 is 5.32 Å². The van der Waals surface area contributed by atoms with Crippen LogP contribution in [0.1, 0.15) is 16.7 Å². The van der Waals surface area contributed by atoms with Crippen LogP contribution in [0.5, 0.6) is 0 Å². The minimum absolute atomic E-state index is 0.176. The topological polar surface area (TPSA) is 35.6 Å². The number of carbonyl (C=O) groups excluding carboxylic acids is 1. The Morgan fingerprint density at radius 2 is 1.78 bits per heavy atom. The summed E-state index contributed by atoms with van der Waals surface area (Å²) in [5.74, 6) is 0.176. The van der Waals surface area contributed by atoms with Gasteiger partial charge in [-0.25, -0.2) is 0 Å². The van der Waals surface area contributed by atoms with E-state index in [0.717, 1.165) is 38.4 Å². The van der Waals surface area contributed by atoms with E-state index in [1.807, 2.05) is 11.0 Å². The zero-order valence-corrected chi connectivity index (χ0v) is 16.3. The molecule has 0 radical (unpaired) electrons. The quantitative estimate of drug-likeness (QED) is 0.852. The zero-order chi connectivity index (χ0) is 19.1. The third-order valence-corrected chi connectivity index (χ3v) is 5.02. The Kier molecular flexibility index (Phi) is 6.66. The van der Waals surface area contributed by atoms with Crippen LogP contribution in [0.4, 0.5) is 5.69 Å². The molecule has 1 aliphatic heterocycles. The molecule has 0 aliphatic carbocycles. The second-order valence-corrected chi connectivity index (χ2v) is 7.17. The van der Waals surface area contributed by atoms with Gasteiger partial charge in [-0.15, -0.1) is 0 Å². The van der Waals surface area contributed by atoms with Crippen LogP contribution in [0.2, 0.25) is 0 Å². The van der Waals surface area contributed by atoms with Gasteiger partial charge in [0.1, 0.15) is 0 Å². The number of nitrogens with zero attached hydrogens (tertiary/aromatic N) is 2. The first-order valence-electron chi connectivity index (χ1n) is 9.64. The molecule has 3 rings (SSSR count). The van der Waals surface area contributed by atoms with Gasteiger partial charge < -0.3 is 10.2 Å². The maximum atomic E-state index is 12.5. The summed E-state index contributed by atoms with van der Waals surface area (Å²) in [4.78, 5) is 16.9. The summed E-state index contributed by atoms with van der Waals surface area (Å²) >= 11 is 0. The predicted octanol–water partition coefficient (Wildman–Crippen LogP) is 3.57. The summed E-state index contributed by atoms with van der Waals surface area (Å²) in [6.45, 7) is 8.86. The van der Waals surface area contributed by atoms with Gasteiger partial charge in [0, 0.05) is 38.4 Å². The van der Waals surface area contributed by atoms with E-state index in [1.54, 1.807) is 0 Å². The number of hydrogen-bond acceptors (Lipinski definition) is 3. The van der Waals surface area contributed by atoms with Crippen molar-refractivity contribution < 1.29 is 4.79 Å². The lowest BCUT2D eigenvalue weighted by Gasteiger charge is -2.34. The number of anilines is 1. The van der Waals surface area contributed by atoms with E-state index in [-0.39, 0.29) is 5.91 Å². The fourth-order valence-corrected chi connectivity index (χ4v) is 3.29. The first-order valence-corrected chi connectivity index (χ1v) is 9.64. The Morgan fingerprint density at radius 3 is 2.52 bits per heavy atom. The summed E-state index contributed by atoms with van der Waals surface area (Å²) in [5.41, 5.74) is 4.65. The number of rotatable bonds is 6. The second-order valence-electron chi connectivity index (χ2n) is 7.17. The largest absolute Gasteiger partial charge is 0.376 e. The molecule has 0 aromatic heterocycles. The van der Waals surface area contributed by atoms with E-state index in [2.05, 4.69) is 78.7 Å². The van der Waals surface area contributed by atoms with Crippen molar-refractivity contribution in [2.24, 2.45) is 0 Å². The highest BCUT2D eigenvalue weighted by atomic mass is 16.2. The summed E-state index contributed by atoms with van der Waals surface area (Å²) < 4.78 is 0. The molecular weight excluding hydrogens is 334 g/mol. The monoisotopic (exact) mass is 363 g/mol. The van der Waals surface area contributed by atoms with Crippen molar-refractivity contribution in [3.05, 3.63) is 71.3 Å². The smallest absolute Gasteiger partial charge is 0.241 e. The van der Waals surface area contributed by atoms with E-state index in [1.165, 1.54) is 16.7 Å². The first kappa shape index (κ1) is 19.2. The number of amides is 1. The summed E-state index contributed by atoms with van der Waals surface area (Å²) in [7, 11) is 0. The van der Waals surface area contributed by atoms with Gasteiger partial charge in [0.25, 0.3) is 0 Å². The minimum atomic E-state index is 0.176. The number of piperazine rings is 1. The van der Waals surface area contributed by atoms with Crippen molar-refractivity contribution in [3.8, 4) is 0 Å². The molecule has 1 amide bonds. The highest BCUT2D eigenvalue weighted by Gasteiger charge is 2.20. The van der Waals surface area contributed by atoms with E-state index >= 15 is 0 Å². The molecule has 1 heterocycles. The van der Waals surface area contributed by atoms with Crippen molar-refractivity contribution in [1.82, 2.24) is 9.80 Å². The molecule has 0 bridgehead atoms. The molecule has 27 heavy (non-hydrogen) atoms. The van der Waals surface area contributed by atoms with E-state index < -0.39 is 0 Å². The number of hydrogen-bond donors (Lipinski definition) is 1. The zero-order valence-electron chi connectivity index (χ0n) is 16.3. The van der Waals surface area contributed by atoms with Gasteiger partial charge in [-0.3, -0.25) is 9.69 Å². The van der Waals surface area contributed by atoms with Crippen molar-refractivity contribution in [3.63, 3.8) is 0 Å². The summed E-state index contributed by atoms with van der Waals surface area (Å²) in [6.07, 6.45) is 4.36. The molecule has 1 N–H and O–H groups in total. The maximum Gasteiger partial charge on any atom is 0.241 e. The predicted molar refractivity (Wildman–Crippen MR) is 113 cm³/mol. The van der Waals surface area contributed by atoms with Gasteiger partial charge in [0.05, 0.1) is 6.54 Å². The Hall–Kier alpha value is -2.59. The Bertz CT molecular complexity index is 777.